The number of rotatable bonds is 7. The first-order chi connectivity index (χ1) is 23.3. The fourth-order valence-corrected chi connectivity index (χ4v) is 9.04. The molecule has 9 rings (SSSR count). The van der Waals surface area contributed by atoms with E-state index in [2.05, 4.69) is 21.0 Å². The smallest absolute Gasteiger partial charge is 0.319 e. The molecular formula is C38H39ClFN5O3. The van der Waals surface area contributed by atoms with E-state index < -0.39 is 5.82 Å². The van der Waals surface area contributed by atoms with Crippen molar-refractivity contribution >= 4 is 39.1 Å². The Bertz CT molecular complexity index is 1990. The number of aromatic nitrogens is 2. The molecule has 0 spiro atoms. The van der Waals surface area contributed by atoms with Gasteiger partial charge < -0.3 is 29.7 Å². The van der Waals surface area contributed by atoms with Crippen LogP contribution in [0.5, 0.6) is 11.8 Å². The van der Waals surface area contributed by atoms with Gasteiger partial charge >= 0.3 is 6.01 Å². The van der Waals surface area contributed by atoms with Crippen LogP contribution in [0.25, 0.3) is 32.8 Å². The number of piperazine rings is 1. The number of phenols is 1. The molecule has 0 radical (unpaired) electrons. The molecule has 4 atom stereocenters. The molecule has 2 N–H and O–H groups in total. The van der Waals surface area contributed by atoms with E-state index in [4.69, 9.17) is 37.5 Å². The average Bonchev–Trinajstić information content (AvgIpc) is 3.31. The Hall–Kier alpha value is -3.68. The second-order valence-corrected chi connectivity index (χ2v) is 15.3. The molecule has 8 nitrogen and oxygen atoms in total. The summed E-state index contributed by atoms with van der Waals surface area (Å²) in [5, 5.41) is 16.5. The maximum atomic E-state index is 17.2. The minimum absolute atomic E-state index is 0.00697. The number of hydrogen-bond acceptors (Lipinski definition) is 8. The molecular weight excluding hydrogens is 629 g/mol. The van der Waals surface area contributed by atoms with Crippen LogP contribution in [0.4, 0.5) is 10.2 Å². The Morgan fingerprint density at radius 1 is 1.10 bits per heavy atom. The lowest BCUT2D eigenvalue weighted by Crippen LogP contribution is -2.51. The van der Waals surface area contributed by atoms with Gasteiger partial charge in [0.1, 0.15) is 17.1 Å². The fourth-order valence-electron chi connectivity index (χ4n) is 8.75. The van der Waals surface area contributed by atoms with Gasteiger partial charge in [0.2, 0.25) is 0 Å². The number of ether oxygens (including phenoxy) is 2. The summed E-state index contributed by atoms with van der Waals surface area (Å²) < 4.78 is 29.3. The topological polar surface area (TPSA) is 83.0 Å². The van der Waals surface area contributed by atoms with Crippen LogP contribution in [0.15, 0.2) is 30.3 Å². The lowest BCUT2D eigenvalue weighted by Gasteiger charge is -2.34. The van der Waals surface area contributed by atoms with Crippen molar-refractivity contribution in [2.75, 3.05) is 57.4 Å². The lowest BCUT2D eigenvalue weighted by molar-refractivity contribution is 0.131. The van der Waals surface area contributed by atoms with Crippen molar-refractivity contribution in [3.63, 3.8) is 0 Å². The highest BCUT2D eigenvalue weighted by atomic mass is 35.5. The summed E-state index contributed by atoms with van der Waals surface area (Å²) in [4.78, 5) is 14.5. The maximum absolute atomic E-state index is 17.2. The monoisotopic (exact) mass is 667 g/mol. The van der Waals surface area contributed by atoms with E-state index in [1.54, 1.807) is 12.1 Å². The van der Waals surface area contributed by atoms with E-state index >= 15 is 4.39 Å². The van der Waals surface area contributed by atoms with Gasteiger partial charge in [-0.2, -0.15) is 9.97 Å². The van der Waals surface area contributed by atoms with Crippen molar-refractivity contribution in [3.8, 4) is 35.2 Å². The van der Waals surface area contributed by atoms with Crippen LogP contribution in [-0.2, 0) is 4.74 Å². The summed E-state index contributed by atoms with van der Waals surface area (Å²) in [7, 11) is 0. The van der Waals surface area contributed by atoms with Crippen LogP contribution in [-0.4, -0.2) is 84.6 Å². The van der Waals surface area contributed by atoms with Crippen molar-refractivity contribution < 1.29 is 19.0 Å². The standard InChI is InChI=1S/C38H39ClFN5O3/c1-3-28-21(2)4-5-22-10-27(46)11-29(32(22)28)33-31(39)12-30-35(34(33)40)42-37(43-36(30)45-15-25-6-7-26(16-45)41-25)48-20-38(8-9-38)19-44-13-23-17-47-18-24(23)14-44/h1,4-5,10-12,23-26,41,46H,6-9,13-20H2,2H3/t23-,24-,25?,26?/m0/s1. The van der Waals surface area contributed by atoms with Gasteiger partial charge in [0.25, 0.3) is 0 Å². The molecule has 48 heavy (non-hydrogen) atoms. The van der Waals surface area contributed by atoms with Gasteiger partial charge in [-0.05, 0) is 67.3 Å². The van der Waals surface area contributed by atoms with Crippen molar-refractivity contribution in [1.82, 2.24) is 20.2 Å². The Kier molecular flexibility index (Phi) is 7.25. The molecule has 1 saturated carbocycles. The molecule has 4 aromatic rings. The van der Waals surface area contributed by atoms with Gasteiger partial charge in [-0.3, -0.25) is 0 Å². The zero-order valence-corrected chi connectivity index (χ0v) is 27.8. The highest BCUT2D eigenvalue weighted by Gasteiger charge is 2.48. The first-order valence-electron chi connectivity index (χ1n) is 17.1. The number of hydrogen-bond donors (Lipinski definition) is 2. The average molecular weight is 668 g/mol. The number of aryl methyl sites for hydroxylation is 1. The quantitative estimate of drug-likeness (QED) is 0.235. The third-order valence-electron chi connectivity index (χ3n) is 11.4. The van der Waals surface area contributed by atoms with Crippen molar-refractivity contribution in [2.24, 2.45) is 17.3 Å². The largest absolute Gasteiger partial charge is 0.508 e. The first-order valence-corrected chi connectivity index (χ1v) is 17.5. The Morgan fingerprint density at radius 2 is 1.85 bits per heavy atom. The molecule has 10 heteroatoms. The molecule has 5 fully saturated rings. The molecule has 2 unspecified atom stereocenters. The summed E-state index contributed by atoms with van der Waals surface area (Å²) in [6, 6.07) is 9.57. The molecule has 5 heterocycles. The van der Waals surface area contributed by atoms with E-state index in [0.29, 0.717) is 63.6 Å². The number of terminal acetylenes is 1. The molecule has 5 aliphatic rings. The minimum Gasteiger partial charge on any atom is -0.508 e. The van der Waals surface area contributed by atoms with Crippen molar-refractivity contribution in [1.29, 1.82) is 0 Å². The van der Waals surface area contributed by atoms with Crippen molar-refractivity contribution in [3.05, 3.63) is 52.3 Å². The van der Waals surface area contributed by atoms with E-state index in [1.165, 1.54) is 6.07 Å². The van der Waals surface area contributed by atoms with E-state index in [0.717, 1.165) is 77.2 Å². The first kappa shape index (κ1) is 30.4. The minimum atomic E-state index is -0.590. The van der Waals surface area contributed by atoms with E-state index in [9.17, 15) is 5.11 Å². The number of halogens is 2. The van der Waals surface area contributed by atoms with Gasteiger partial charge in [-0.1, -0.05) is 29.7 Å². The number of likely N-dealkylation sites (tertiary alicyclic amines) is 1. The normalized spacial score (nSPS) is 25.9. The molecule has 4 aliphatic heterocycles. The Labute approximate surface area is 284 Å². The van der Waals surface area contributed by atoms with Crippen LogP contribution < -0.4 is 15.0 Å². The van der Waals surface area contributed by atoms with Gasteiger partial charge in [0, 0.05) is 84.0 Å². The van der Waals surface area contributed by atoms with Crippen LogP contribution in [0.1, 0.15) is 36.8 Å². The van der Waals surface area contributed by atoms with E-state index in [1.807, 2.05) is 19.1 Å². The predicted molar refractivity (Wildman–Crippen MR) is 185 cm³/mol. The molecule has 0 amide bonds. The number of anilines is 1. The highest BCUT2D eigenvalue weighted by molar-refractivity contribution is 6.35. The van der Waals surface area contributed by atoms with Gasteiger partial charge in [-0.25, -0.2) is 4.39 Å². The van der Waals surface area contributed by atoms with Crippen LogP contribution >= 0.6 is 11.6 Å². The van der Waals surface area contributed by atoms with Gasteiger partial charge in [0.15, 0.2) is 5.82 Å². The fraction of sp³-hybridized carbons (Fsp3) is 0.474. The number of fused-ring (bicyclic) bond motifs is 5. The zero-order chi connectivity index (χ0) is 32.7. The summed E-state index contributed by atoms with van der Waals surface area (Å²) in [6.07, 6.45) is 10.3. The maximum Gasteiger partial charge on any atom is 0.319 e. The predicted octanol–water partition coefficient (Wildman–Crippen LogP) is 5.92. The van der Waals surface area contributed by atoms with Gasteiger partial charge in [0.05, 0.1) is 24.8 Å². The third-order valence-corrected chi connectivity index (χ3v) is 11.7. The number of aromatic hydroxyl groups is 1. The summed E-state index contributed by atoms with van der Waals surface area (Å²) >= 11 is 6.99. The number of nitrogens with one attached hydrogen (secondary N) is 1. The molecule has 1 aliphatic carbocycles. The molecule has 3 aromatic carbocycles. The SMILES string of the molecule is C#Cc1c(C)ccc2cc(O)cc(-c3c(Cl)cc4c(N5CC6CCC(C5)N6)nc(OCC5(CN6C[C@H]7COC[C@@H]7C6)CC5)nc4c3F)c12. The molecule has 4 saturated heterocycles. The Morgan fingerprint density at radius 3 is 2.56 bits per heavy atom. The van der Waals surface area contributed by atoms with Crippen LogP contribution in [0, 0.1) is 42.3 Å². The Balaban J connectivity index is 1.13. The van der Waals surface area contributed by atoms with E-state index in [-0.39, 0.29) is 33.3 Å². The molecule has 248 valence electrons. The zero-order valence-electron chi connectivity index (χ0n) is 27.1. The second-order valence-electron chi connectivity index (χ2n) is 14.8. The number of nitrogens with zero attached hydrogens (tertiary/aromatic N) is 4. The highest BCUT2D eigenvalue weighted by Crippen LogP contribution is 2.48. The van der Waals surface area contributed by atoms with Gasteiger partial charge in [-0.15, -0.1) is 6.42 Å². The lowest BCUT2D eigenvalue weighted by atomic mass is 9.91. The van der Waals surface area contributed by atoms with Crippen LogP contribution in [0.3, 0.4) is 0 Å². The number of benzene rings is 3. The van der Waals surface area contributed by atoms with Crippen molar-refractivity contribution in [2.45, 2.75) is 44.7 Å². The van der Waals surface area contributed by atoms with Crippen LogP contribution in [0.2, 0.25) is 5.02 Å². The summed E-state index contributed by atoms with van der Waals surface area (Å²) in [5.41, 5.74) is 2.27. The third kappa shape index (κ3) is 5.16. The summed E-state index contributed by atoms with van der Waals surface area (Å²) in [5.74, 6) is 4.09. The molecule has 1 aromatic heterocycles. The number of phenolic OH excluding ortho intramolecular Hbond substituents is 1. The second kappa shape index (κ2) is 11.4. The molecule has 2 bridgehead atoms. The summed E-state index contributed by atoms with van der Waals surface area (Å²) in [6.45, 7) is 8.79.